The summed E-state index contributed by atoms with van der Waals surface area (Å²) in [5.41, 5.74) is 0. The Morgan fingerprint density at radius 3 is 2.00 bits per heavy atom. The zero-order valence-electron chi connectivity index (χ0n) is 3.26. The van der Waals surface area contributed by atoms with Gasteiger partial charge >= 0.3 is 53.4 Å². The number of rotatable bonds is 2. The molecule has 0 aliphatic heterocycles. The summed E-state index contributed by atoms with van der Waals surface area (Å²) in [5.74, 6) is 0. The third kappa shape index (κ3) is 5.05. The number of hydrogen-bond acceptors (Lipinski definition) is 0. The topological polar surface area (TPSA) is 0 Å². The zero-order chi connectivity index (χ0) is 4.99. The van der Waals surface area contributed by atoms with Crippen molar-refractivity contribution in [2.45, 2.75) is 0 Å². The molecule has 0 unspecified atom stereocenters. The Bertz CT molecular complexity index is 25.1. The Kier molecular flexibility index (Phi) is 4.96. The molecule has 0 aromatic carbocycles. The van der Waals surface area contributed by atoms with Crippen LogP contribution in [-0.4, -0.2) is 32.6 Å². The van der Waals surface area contributed by atoms with Crippen LogP contribution in [0, 0.1) is 0 Å². The molecular formula is B5I-. The van der Waals surface area contributed by atoms with E-state index < -0.39 is 0 Å². The van der Waals surface area contributed by atoms with E-state index in [-0.39, 0.29) is 25.1 Å². The van der Waals surface area contributed by atoms with E-state index in [1.54, 1.807) is 5.03 Å². The van der Waals surface area contributed by atoms with Gasteiger partial charge in [0.05, 0.1) is 0 Å². The van der Waals surface area contributed by atoms with E-state index in [0.717, 1.165) is 0 Å². The van der Waals surface area contributed by atoms with Crippen LogP contribution in [0.1, 0.15) is 0 Å². The van der Waals surface area contributed by atoms with Gasteiger partial charge in [0.25, 0.3) is 0 Å². The van der Waals surface area contributed by atoms with E-state index >= 15 is 0 Å². The SMILES string of the molecule is [B][B][I-]B([B])[B]. The molecule has 0 spiro atoms. The maximum absolute atomic E-state index is 5.12. The van der Waals surface area contributed by atoms with Gasteiger partial charge in [0.1, 0.15) is 0 Å². The molecule has 0 heterocycles. The van der Waals surface area contributed by atoms with Crippen LogP contribution in [0.4, 0.5) is 0 Å². The van der Waals surface area contributed by atoms with Gasteiger partial charge < -0.3 is 0 Å². The average molecular weight is 181 g/mol. The van der Waals surface area contributed by atoms with E-state index in [1.807, 2.05) is 0 Å². The van der Waals surface area contributed by atoms with Gasteiger partial charge in [0, 0.05) is 0 Å². The van der Waals surface area contributed by atoms with E-state index in [1.165, 1.54) is 0 Å². The van der Waals surface area contributed by atoms with Crippen LogP contribution in [0.5, 0.6) is 0 Å². The summed E-state index contributed by atoms with van der Waals surface area (Å²) < 4.78 is -0.172. The van der Waals surface area contributed by atoms with Gasteiger partial charge in [-0.15, -0.1) is 0 Å². The molecule has 6 heteroatoms. The molecule has 0 saturated heterocycles. The van der Waals surface area contributed by atoms with E-state index in [4.69, 9.17) is 23.2 Å². The van der Waals surface area contributed by atoms with E-state index in [0.29, 0.717) is 0 Å². The predicted octanol–water partition coefficient (Wildman–Crippen LogP) is -4.90. The molecule has 0 nitrogen and oxygen atoms in total. The molecule has 0 atom stereocenters. The normalized spacial score (nSPS) is 8.00. The monoisotopic (exact) mass is 182 g/mol. The van der Waals surface area contributed by atoms with Crippen LogP contribution in [0.3, 0.4) is 0 Å². The third-order valence-corrected chi connectivity index (χ3v) is 1.46. The van der Waals surface area contributed by atoms with Crippen LogP contribution in [0.15, 0.2) is 0 Å². The first kappa shape index (κ1) is 7.05. The molecule has 7 radical (unpaired) electrons. The average Bonchev–Trinajstić information content (AvgIpc) is 1.35. The molecule has 0 aromatic rings. The number of halogens is 1. The fourth-order valence-electron chi connectivity index (χ4n) is 0.0840. The first-order valence-corrected chi connectivity index (χ1v) is 3.93. The second-order valence-electron chi connectivity index (χ2n) is 0.696. The van der Waals surface area contributed by atoms with Gasteiger partial charge in [-0.05, 0) is 0 Å². The molecule has 6 heavy (non-hydrogen) atoms. The van der Waals surface area contributed by atoms with Crippen molar-refractivity contribution in [3.63, 3.8) is 0 Å². The van der Waals surface area contributed by atoms with Gasteiger partial charge in [-0.3, -0.25) is 0 Å². The zero-order valence-corrected chi connectivity index (χ0v) is 5.42. The van der Waals surface area contributed by atoms with Crippen LogP contribution < -0.4 is 20.8 Å². The van der Waals surface area contributed by atoms with Crippen molar-refractivity contribution < 1.29 is 20.8 Å². The van der Waals surface area contributed by atoms with Crippen LogP contribution in [0.2, 0.25) is 0 Å². The fourth-order valence-corrected chi connectivity index (χ4v) is 0.563. The van der Waals surface area contributed by atoms with Crippen LogP contribution >= 0.6 is 0 Å². The van der Waals surface area contributed by atoms with Gasteiger partial charge in [0.15, 0.2) is 0 Å². The molecule has 0 aliphatic carbocycles. The minimum atomic E-state index is -0.223. The van der Waals surface area contributed by atoms with E-state index in [2.05, 4.69) is 0 Å². The summed E-state index contributed by atoms with van der Waals surface area (Å²) in [6, 6.07) is 0. The van der Waals surface area contributed by atoms with Crippen molar-refractivity contribution in [2.75, 3.05) is 0 Å². The van der Waals surface area contributed by atoms with Gasteiger partial charge in [-0.1, -0.05) is 0 Å². The third-order valence-electron chi connectivity index (χ3n) is 0.218. The first-order valence-electron chi connectivity index (χ1n) is 1.44. The van der Waals surface area contributed by atoms with Gasteiger partial charge in [-0.25, -0.2) is 0 Å². The molecular weight excluding hydrogens is 181 g/mol. The van der Waals surface area contributed by atoms with Gasteiger partial charge in [0.2, 0.25) is 0 Å². The number of hydrogen-bond donors (Lipinski definition) is 0. The summed E-state index contributed by atoms with van der Waals surface area (Å²) in [7, 11) is 15.2. The van der Waals surface area contributed by atoms with Crippen molar-refractivity contribution in [3.05, 3.63) is 0 Å². The molecule has 0 bridgehead atoms. The summed E-state index contributed by atoms with van der Waals surface area (Å²) in [6.07, 6.45) is 0. The summed E-state index contributed by atoms with van der Waals surface area (Å²) in [5, 5.41) is 1.56. The Balaban J connectivity index is 2.63. The Morgan fingerprint density at radius 1 is 1.50 bits per heavy atom. The van der Waals surface area contributed by atoms with Crippen molar-refractivity contribution in [3.8, 4) is 0 Å². The Labute approximate surface area is 53.4 Å². The van der Waals surface area contributed by atoms with Crippen molar-refractivity contribution in [1.29, 1.82) is 0 Å². The molecule has 0 aromatic heterocycles. The first-order chi connectivity index (χ1) is 2.77. The minimum absolute atomic E-state index is 0.172. The molecule has 0 amide bonds. The Morgan fingerprint density at radius 2 is 2.00 bits per heavy atom. The molecule has 0 aliphatic rings. The second kappa shape index (κ2) is 4.22. The quantitative estimate of drug-likeness (QED) is 0.296. The maximum atomic E-state index is 5.12. The second-order valence-corrected chi connectivity index (χ2v) is 3.57. The summed E-state index contributed by atoms with van der Waals surface area (Å²) in [4.78, 5) is 0. The van der Waals surface area contributed by atoms with Crippen molar-refractivity contribution in [2.24, 2.45) is 0 Å². The fraction of sp³-hybridized carbons (Fsp3) is 0. The summed E-state index contributed by atoms with van der Waals surface area (Å²) in [6.45, 7) is 0. The summed E-state index contributed by atoms with van der Waals surface area (Å²) >= 11 is -0.223. The van der Waals surface area contributed by atoms with Crippen LogP contribution in [0.25, 0.3) is 0 Å². The van der Waals surface area contributed by atoms with Crippen molar-refractivity contribution >= 4 is 32.6 Å². The van der Waals surface area contributed by atoms with E-state index in [9.17, 15) is 0 Å². The predicted molar refractivity (Wildman–Crippen MR) is 28.8 cm³/mol. The van der Waals surface area contributed by atoms with Crippen molar-refractivity contribution in [1.82, 2.24) is 0 Å². The van der Waals surface area contributed by atoms with Crippen LogP contribution in [-0.2, 0) is 0 Å². The molecule has 0 saturated carbocycles. The molecule has 0 fully saturated rings. The molecule has 23 valence electrons. The Hall–Kier alpha value is 1.05. The standard InChI is InChI=1S/B5I/c1-4-6-5(2)3/q-1. The molecule has 0 N–H and O–H groups in total. The van der Waals surface area contributed by atoms with Gasteiger partial charge in [-0.2, -0.15) is 0 Å². The molecule has 0 rings (SSSR count).